The molecule has 2 aliphatic rings. The molecule has 2 aliphatic heterocycles. The minimum atomic E-state index is -0.895. The molecule has 2 atom stereocenters. The number of nitrogens with one attached hydrogen (secondary N) is 1. The third kappa shape index (κ3) is 6.01. The summed E-state index contributed by atoms with van der Waals surface area (Å²) in [6.07, 6.45) is 1.64. The van der Waals surface area contributed by atoms with E-state index in [1.54, 1.807) is 18.5 Å². The Morgan fingerprint density at radius 3 is 2.81 bits per heavy atom. The number of methoxy groups -OCH3 is 1. The number of esters is 2. The van der Waals surface area contributed by atoms with Crippen LogP contribution in [0.5, 0.6) is 0 Å². The van der Waals surface area contributed by atoms with Crippen LogP contribution in [-0.4, -0.2) is 72.7 Å². The number of aliphatic imine (C=N–C) groups is 1. The molecule has 1 saturated heterocycles. The van der Waals surface area contributed by atoms with Crippen molar-refractivity contribution in [1.29, 1.82) is 0 Å². The van der Waals surface area contributed by atoms with Gasteiger partial charge in [-0.05, 0) is 32.9 Å². The van der Waals surface area contributed by atoms with Gasteiger partial charge in [-0.25, -0.2) is 14.2 Å². The molecule has 4 rings (SSSR count). The van der Waals surface area contributed by atoms with Crippen molar-refractivity contribution in [2.75, 3.05) is 33.4 Å². The van der Waals surface area contributed by atoms with E-state index in [0.717, 1.165) is 0 Å². The van der Waals surface area contributed by atoms with Crippen LogP contribution < -0.4 is 5.32 Å². The summed E-state index contributed by atoms with van der Waals surface area (Å²) < 4.78 is 30.2. The van der Waals surface area contributed by atoms with Crippen molar-refractivity contribution in [3.8, 4) is 0 Å². The molecule has 1 fully saturated rings. The van der Waals surface area contributed by atoms with Gasteiger partial charge in [0.2, 0.25) is 0 Å². The summed E-state index contributed by atoms with van der Waals surface area (Å²) in [7, 11) is 1.32. The highest BCUT2D eigenvalue weighted by Gasteiger charge is 2.41. The molecular formula is C25H28ClFN4O5S. The molecular weight excluding hydrogens is 523 g/mol. The Hall–Kier alpha value is -2.86. The van der Waals surface area contributed by atoms with Gasteiger partial charge in [0.15, 0.2) is 10.8 Å². The highest BCUT2D eigenvalue weighted by atomic mass is 35.5. The number of aromatic nitrogens is 1. The highest BCUT2D eigenvalue weighted by Crippen LogP contribution is 2.37. The second-order valence-corrected chi connectivity index (χ2v) is 10.4. The predicted octanol–water partition coefficient (Wildman–Crippen LogP) is 3.50. The first-order chi connectivity index (χ1) is 17.6. The zero-order valence-corrected chi connectivity index (χ0v) is 22.5. The van der Waals surface area contributed by atoms with Crippen molar-refractivity contribution in [2.24, 2.45) is 4.99 Å². The number of nitrogens with zero attached hydrogens (tertiary/aromatic N) is 3. The Morgan fingerprint density at radius 1 is 1.38 bits per heavy atom. The number of halogens is 2. The number of ether oxygens (including phenoxy) is 3. The van der Waals surface area contributed by atoms with Gasteiger partial charge in [-0.1, -0.05) is 17.7 Å². The number of carbonyl (C=O) groups is 2. The highest BCUT2D eigenvalue weighted by molar-refractivity contribution is 7.11. The lowest BCUT2D eigenvalue weighted by Gasteiger charge is -2.43. The zero-order valence-electron chi connectivity index (χ0n) is 20.9. The van der Waals surface area contributed by atoms with Gasteiger partial charge < -0.3 is 19.5 Å². The SMILES string of the molecule is CCOC(=O)C1=C(CN2CC(C)(C)OCC2C(=O)OC)NC(c2nccs2)=NC1c1ccc(F)cc1Cl. The molecule has 198 valence electrons. The standard InChI is InChI=1S/C25H28ClFN4O5S/c1-5-35-24(33)19-17(11-31-13-25(2,3)36-12-18(31)23(32)34-4)29-21(22-28-8-9-37-22)30-20(19)15-7-6-14(27)10-16(15)26/h6-10,18,20H,5,11-13H2,1-4H3,(H,29,30). The number of morpholine rings is 1. The summed E-state index contributed by atoms with van der Waals surface area (Å²) in [5.74, 6) is -1.13. The van der Waals surface area contributed by atoms with Gasteiger partial charge in [0, 0.05) is 40.9 Å². The molecule has 1 N–H and O–H groups in total. The Labute approximate surface area is 223 Å². The molecule has 0 bridgehead atoms. The van der Waals surface area contributed by atoms with Gasteiger partial charge in [0.05, 0.1) is 31.5 Å². The summed E-state index contributed by atoms with van der Waals surface area (Å²) in [5.41, 5.74) is 0.570. The number of hydrogen-bond donors (Lipinski definition) is 1. The van der Waals surface area contributed by atoms with Gasteiger partial charge in [-0.15, -0.1) is 11.3 Å². The fourth-order valence-electron chi connectivity index (χ4n) is 4.34. The Morgan fingerprint density at radius 2 is 2.16 bits per heavy atom. The molecule has 0 saturated carbocycles. The average molecular weight is 551 g/mol. The van der Waals surface area contributed by atoms with Gasteiger partial charge >= 0.3 is 11.9 Å². The van der Waals surface area contributed by atoms with E-state index in [1.165, 1.54) is 36.6 Å². The molecule has 2 unspecified atom stereocenters. The van der Waals surface area contributed by atoms with Crippen LogP contribution in [0.15, 0.2) is 46.0 Å². The zero-order chi connectivity index (χ0) is 26.7. The third-order valence-electron chi connectivity index (χ3n) is 6.00. The summed E-state index contributed by atoms with van der Waals surface area (Å²) >= 11 is 7.80. The van der Waals surface area contributed by atoms with Crippen LogP contribution in [0.2, 0.25) is 5.02 Å². The van der Waals surface area contributed by atoms with Crippen molar-refractivity contribution in [1.82, 2.24) is 15.2 Å². The second kappa shape index (κ2) is 11.3. The van der Waals surface area contributed by atoms with Crippen molar-refractivity contribution < 1.29 is 28.2 Å². The first-order valence-electron chi connectivity index (χ1n) is 11.7. The minimum Gasteiger partial charge on any atom is -0.468 e. The monoisotopic (exact) mass is 550 g/mol. The Bertz CT molecular complexity index is 1230. The molecule has 37 heavy (non-hydrogen) atoms. The fraction of sp³-hybridized carbons (Fsp3) is 0.440. The molecule has 0 aliphatic carbocycles. The lowest BCUT2D eigenvalue weighted by molar-refractivity contribution is -0.164. The topological polar surface area (TPSA) is 102 Å². The molecule has 12 heteroatoms. The number of carbonyl (C=O) groups excluding carboxylic acids is 2. The van der Waals surface area contributed by atoms with Crippen LogP contribution in [0, 0.1) is 5.82 Å². The van der Waals surface area contributed by atoms with Crippen molar-refractivity contribution >= 4 is 40.7 Å². The summed E-state index contributed by atoms with van der Waals surface area (Å²) in [6, 6.07) is 2.36. The lowest BCUT2D eigenvalue weighted by Crippen LogP contribution is -2.58. The molecule has 1 aromatic heterocycles. The van der Waals surface area contributed by atoms with Crippen LogP contribution in [0.25, 0.3) is 0 Å². The largest absolute Gasteiger partial charge is 0.468 e. The van der Waals surface area contributed by atoms with Crippen LogP contribution >= 0.6 is 22.9 Å². The van der Waals surface area contributed by atoms with Gasteiger partial charge in [0.25, 0.3) is 0 Å². The number of hydrogen-bond acceptors (Lipinski definition) is 10. The van der Waals surface area contributed by atoms with Gasteiger partial charge in [0.1, 0.15) is 17.9 Å². The molecule has 1 aromatic carbocycles. The minimum absolute atomic E-state index is 0.121. The van der Waals surface area contributed by atoms with Crippen LogP contribution in [0.4, 0.5) is 4.39 Å². The normalized spacial score (nSPS) is 21.7. The molecule has 9 nitrogen and oxygen atoms in total. The molecule has 2 aromatic rings. The summed E-state index contributed by atoms with van der Waals surface area (Å²) in [4.78, 5) is 37.0. The maximum Gasteiger partial charge on any atom is 0.338 e. The van der Waals surface area contributed by atoms with Crippen LogP contribution in [-0.2, 0) is 23.8 Å². The molecule has 3 heterocycles. The second-order valence-electron chi connectivity index (χ2n) is 9.14. The number of rotatable bonds is 7. The molecule has 0 spiro atoms. The van der Waals surface area contributed by atoms with Crippen LogP contribution in [0.1, 0.15) is 37.4 Å². The van der Waals surface area contributed by atoms with E-state index in [1.807, 2.05) is 18.7 Å². The van der Waals surface area contributed by atoms with E-state index in [0.29, 0.717) is 28.6 Å². The van der Waals surface area contributed by atoms with Crippen molar-refractivity contribution in [3.63, 3.8) is 0 Å². The first kappa shape index (κ1) is 27.2. The quantitative estimate of drug-likeness (QED) is 0.523. The molecule has 0 radical (unpaired) electrons. The van der Waals surface area contributed by atoms with Crippen molar-refractivity contribution in [3.05, 3.63) is 62.5 Å². The van der Waals surface area contributed by atoms with Crippen LogP contribution in [0.3, 0.4) is 0 Å². The predicted molar refractivity (Wildman–Crippen MR) is 137 cm³/mol. The van der Waals surface area contributed by atoms with E-state index in [4.69, 9.17) is 30.8 Å². The fourth-order valence-corrected chi connectivity index (χ4v) is 5.20. The Kier molecular flexibility index (Phi) is 8.27. The Balaban J connectivity index is 1.85. The number of thiazole rings is 1. The lowest BCUT2D eigenvalue weighted by atomic mass is 9.94. The smallest absolute Gasteiger partial charge is 0.338 e. The number of amidine groups is 1. The maximum absolute atomic E-state index is 13.9. The third-order valence-corrected chi connectivity index (χ3v) is 7.11. The van der Waals surface area contributed by atoms with E-state index in [-0.39, 0.29) is 30.4 Å². The average Bonchev–Trinajstić information content (AvgIpc) is 3.38. The molecule has 0 amide bonds. The van der Waals surface area contributed by atoms with Crippen molar-refractivity contribution in [2.45, 2.75) is 38.5 Å². The van der Waals surface area contributed by atoms with Gasteiger partial charge in [-0.2, -0.15) is 0 Å². The first-order valence-corrected chi connectivity index (χ1v) is 12.9. The maximum atomic E-state index is 13.9. The van der Waals surface area contributed by atoms with E-state index in [9.17, 15) is 14.0 Å². The number of benzene rings is 1. The summed E-state index contributed by atoms with van der Waals surface area (Å²) in [6.45, 7) is 6.36. The summed E-state index contributed by atoms with van der Waals surface area (Å²) in [5, 5.41) is 5.77. The van der Waals surface area contributed by atoms with E-state index in [2.05, 4.69) is 10.3 Å². The van der Waals surface area contributed by atoms with E-state index < -0.39 is 35.4 Å². The van der Waals surface area contributed by atoms with E-state index >= 15 is 0 Å². The van der Waals surface area contributed by atoms with Gasteiger partial charge in [-0.3, -0.25) is 14.7 Å².